The number of benzene rings is 2. The van der Waals surface area contributed by atoms with Crippen molar-refractivity contribution in [2.45, 2.75) is 38.1 Å². The second kappa shape index (κ2) is 7.96. The van der Waals surface area contributed by atoms with Crippen molar-refractivity contribution in [2.24, 2.45) is 0 Å². The first-order valence-corrected chi connectivity index (χ1v) is 10.3. The van der Waals surface area contributed by atoms with E-state index in [0.717, 1.165) is 35.4 Å². The van der Waals surface area contributed by atoms with Gasteiger partial charge in [0.1, 0.15) is 0 Å². The minimum absolute atomic E-state index is 0.334. The van der Waals surface area contributed by atoms with Crippen LogP contribution in [0.4, 0.5) is 5.69 Å². The van der Waals surface area contributed by atoms with Crippen LogP contribution in [0.2, 0.25) is 0 Å². The van der Waals surface area contributed by atoms with Crippen molar-refractivity contribution in [3.8, 4) is 17.1 Å². The minimum Gasteiger partial charge on any atom is -0.448 e. The van der Waals surface area contributed by atoms with Gasteiger partial charge in [0.05, 0.1) is 0 Å². The summed E-state index contributed by atoms with van der Waals surface area (Å²) in [6, 6.07) is 16.5. The lowest BCUT2D eigenvalue weighted by Gasteiger charge is -2.19. The highest BCUT2D eigenvalue weighted by atomic mass is 32.2. The Morgan fingerprint density at radius 1 is 1.04 bits per heavy atom. The molecule has 0 saturated carbocycles. The van der Waals surface area contributed by atoms with Crippen molar-refractivity contribution in [3.05, 3.63) is 59.7 Å². The smallest absolute Gasteiger partial charge is 0.247 e. The number of thioether (sulfide) groups is 1. The molecule has 0 bridgehead atoms. The highest BCUT2D eigenvalue weighted by molar-refractivity contribution is 7.99. The van der Waals surface area contributed by atoms with E-state index in [0.29, 0.717) is 16.7 Å². The first-order valence-electron chi connectivity index (χ1n) is 9.27. The monoisotopic (exact) mass is 378 g/mol. The van der Waals surface area contributed by atoms with Gasteiger partial charge in [0.15, 0.2) is 11.9 Å². The number of hydrogen-bond donors (Lipinski definition) is 1. The van der Waals surface area contributed by atoms with Gasteiger partial charge in [0.2, 0.25) is 11.0 Å². The summed E-state index contributed by atoms with van der Waals surface area (Å²) in [5, 5.41) is 12.8. The first kappa shape index (κ1) is 17.8. The Hall–Kier alpha value is -2.60. The van der Waals surface area contributed by atoms with Crippen LogP contribution < -0.4 is 10.1 Å². The number of ether oxygens (including phenoxy) is 1. The molecule has 4 rings (SSSR count). The standard InChI is InChI=1S/C21H22N4OS/c1-3-13-27-21-23-20-18(24-25-21)16-7-5-6-8-17(16)22-19(26-20)15-11-9-14(4-2)10-12-15/h5-12,19,22H,3-4,13H2,1-2H3. The molecule has 1 unspecified atom stereocenters. The molecule has 1 N–H and O–H groups in total. The van der Waals surface area contributed by atoms with E-state index < -0.39 is 0 Å². The van der Waals surface area contributed by atoms with Crippen molar-refractivity contribution < 1.29 is 4.74 Å². The number of aryl methyl sites for hydroxylation is 1. The molecule has 0 aliphatic carbocycles. The molecular formula is C21H22N4OS. The lowest BCUT2D eigenvalue weighted by molar-refractivity contribution is 0.225. The maximum absolute atomic E-state index is 6.28. The second-order valence-electron chi connectivity index (χ2n) is 6.38. The van der Waals surface area contributed by atoms with Gasteiger partial charge in [-0.15, -0.1) is 10.2 Å². The van der Waals surface area contributed by atoms with Gasteiger partial charge in [-0.25, -0.2) is 0 Å². The van der Waals surface area contributed by atoms with Crippen molar-refractivity contribution >= 4 is 17.4 Å². The fraction of sp³-hybridized carbons (Fsp3) is 0.286. The van der Waals surface area contributed by atoms with Crippen molar-refractivity contribution in [1.82, 2.24) is 15.2 Å². The number of anilines is 1. The van der Waals surface area contributed by atoms with Gasteiger partial charge < -0.3 is 10.1 Å². The molecular weight excluding hydrogens is 356 g/mol. The Morgan fingerprint density at radius 3 is 2.63 bits per heavy atom. The Morgan fingerprint density at radius 2 is 1.85 bits per heavy atom. The van der Waals surface area contributed by atoms with Crippen LogP contribution in [0.1, 0.15) is 37.6 Å². The van der Waals surface area contributed by atoms with E-state index in [9.17, 15) is 0 Å². The van der Waals surface area contributed by atoms with Crippen LogP contribution >= 0.6 is 11.8 Å². The van der Waals surface area contributed by atoms with Crippen LogP contribution in [0, 0.1) is 0 Å². The Kier molecular flexibility index (Phi) is 5.25. The molecule has 27 heavy (non-hydrogen) atoms. The molecule has 0 saturated heterocycles. The van der Waals surface area contributed by atoms with E-state index in [4.69, 9.17) is 4.74 Å². The van der Waals surface area contributed by atoms with Crippen LogP contribution in [0.15, 0.2) is 53.7 Å². The van der Waals surface area contributed by atoms with Crippen LogP contribution in [-0.2, 0) is 6.42 Å². The third-order valence-electron chi connectivity index (χ3n) is 4.46. The van der Waals surface area contributed by atoms with Crippen molar-refractivity contribution in [1.29, 1.82) is 0 Å². The number of fused-ring (bicyclic) bond motifs is 3. The van der Waals surface area contributed by atoms with Gasteiger partial charge in [-0.05, 0) is 24.5 Å². The highest BCUT2D eigenvalue weighted by Gasteiger charge is 2.25. The van der Waals surface area contributed by atoms with Gasteiger partial charge >= 0.3 is 0 Å². The van der Waals surface area contributed by atoms with Gasteiger partial charge in [-0.2, -0.15) is 4.98 Å². The first-order chi connectivity index (χ1) is 13.3. The van der Waals surface area contributed by atoms with E-state index in [1.807, 2.05) is 24.3 Å². The molecule has 0 spiro atoms. The van der Waals surface area contributed by atoms with Gasteiger partial charge in [-0.3, -0.25) is 0 Å². The lowest BCUT2D eigenvalue weighted by Crippen LogP contribution is -2.17. The summed E-state index contributed by atoms with van der Waals surface area (Å²) in [7, 11) is 0. The summed E-state index contributed by atoms with van der Waals surface area (Å²) in [6.45, 7) is 4.29. The maximum atomic E-state index is 6.28. The van der Waals surface area contributed by atoms with E-state index in [1.54, 1.807) is 11.8 Å². The van der Waals surface area contributed by atoms with Crippen LogP contribution in [0.25, 0.3) is 11.3 Å². The van der Waals surface area contributed by atoms with E-state index in [-0.39, 0.29) is 6.23 Å². The molecule has 1 aliphatic heterocycles. The zero-order valence-corrected chi connectivity index (χ0v) is 16.3. The molecule has 0 fully saturated rings. The molecule has 2 aromatic carbocycles. The van der Waals surface area contributed by atoms with Gasteiger partial charge in [-0.1, -0.05) is 68.1 Å². The number of hydrogen-bond acceptors (Lipinski definition) is 6. The summed E-state index contributed by atoms with van der Waals surface area (Å²) in [4.78, 5) is 4.65. The normalized spacial score (nSPS) is 15.1. The summed E-state index contributed by atoms with van der Waals surface area (Å²) in [5.41, 5.74) is 4.94. The van der Waals surface area contributed by atoms with Crippen LogP contribution in [-0.4, -0.2) is 20.9 Å². The molecule has 138 valence electrons. The molecule has 0 amide bonds. The fourth-order valence-corrected chi connectivity index (χ4v) is 3.61. The lowest BCUT2D eigenvalue weighted by atomic mass is 10.1. The Balaban J connectivity index is 1.75. The number of nitrogens with zero attached hydrogens (tertiary/aromatic N) is 3. The third-order valence-corrected chi connectivity index (χ3v) is 5.50. The number of para-hydroxylation sites is 1. The zero-order chi connectivity index (χ0) is 18.6. The second-order valence-corrected chi connectivity index (χ2v) is 7.44. The molecule has 1 atom stereocenters. The fourth-order valence-electron chi connectivity index (χ4n) is 2.98. The molecule has 1 aliphatic rings. The largest absolute Gasteiger partial charge is 0.448 e. The Labute approximate surface area is 163 Å². The summed E-state index contributed by atoms with van der Waals surface area (Å²) in [5.74, 6) is 1.47. The molecule has 6 heteroatoms. The van der Waals surface area contributed by atoms with Crippen LogP contribution in [0.3, 0.4) is 0 Å². The average molecular weight is 379 g/mol. The molecule has 0 radical (unpaired) electrons. The van der Waals surface area contributed by atoms with Crippen LogP contribution in [0.5, 0.6) is 5.88 Å². The highest BCUT2D eigenvalue weighted by Crippen LogP contribution is 2.39. The minimum atomic E-state index is -0.334. The average Bonchev–Trinajstić information content (AvgIpc) is 2.88. The predicted octanol–water partition coefficient (Wildman–Crippen LogP) is 5.11. The number of rotatable bonds is 5. The zero-order valence-electron chi connectivity index (χ0n) is 15.5. The molecule has 5 nitrogen and oxygen atoms in total. The van der Waals surface area contributed by atoms with Gasteiger partial charge in [0, 0.05) is 22.6 Å². The van der Waals surface area contributed by atoms with Gasteiger partial charge in [0.25, 0.3) is 0 Å². The summed E-state index contributed by atoms with van der Waals surface area (Å²) < 4.78 is 6.28. The van der Waals surface area contributed by atoms with Crippen molar-refractivity contribution in [3.63, 3.8) is 0 Å². The number of nitrogens with one attached hydrogen (secondary N) is 1. The number of aromatic nitrogens is 3. The topological polar surface area (TPSA) is 59.9 Å². The quantitative estimate of drug-likeness (QED) is 0.623. The SMILES string of the molecule is CCCSc1nnc2c(n1)OC(c1ccc(CC)cc1)Nc1ccccc1-2. The molecule has 2 heterocycles. The predicted molar refractivity (Wildman–Crippen MR) is 109 cm³/mol. The molecule has 1 aromatic heterocycles. The summed E-state index contributed by atoms with van der Waals surface area (Å²) >= 11 is 1.60. The van der Waals surface area contributed by atoms with E-state index >= 15 is 0 Å². The van der Waals surface area contributed by atoms with E-state index in [2.05, 4.69) is 58.6 Å². The van der Waals surface area contributed by atoms with E-state index in [1.165, 1.54) is 5.56 Å². The summed E-state index contributed by atoms with van der Waals surface area (Å²) in [6.07, 6.45) is 1.74. The third kappa shape index (κ3) is 3.76. The maximum Gasteiger partial charge on any atom is 0.247 e. The molecule has 3 aromatic rings. The Bertz CT molecular complexity index is 930. The van der Waals surface area contributed by atoms with Crippen molar-refractivity contribution in [2.75, 3.05) is 11.1 Å².